The highest BCUT2D eigenvalue weighted by Gasteiger charge is 2.27. The van der Waals surface area contributed by atoms with Crippen molar-refractivity contribution in [2.24, 2.45) is 13.0 Å². The molecule has 0 radical (unpaired) electrons. The molecular weight excluding hydrogens is 434 g/mol. The summed E-state index contributed by atoms with van der Waals surface area (Å²) in [5.41, 5.74) is 3.89. The average Bonchev–Trinajstić information content (AvgIpc) is 3.42. The largest absolute Gasteiger partial charge is 0.481 e. The molecule has 3 aromatic rings. The van der Waals surface area contributed by atoms with Gasteiger partial charge in [0.2, 0.25) is 6.79 Å². The van der Waals surface area contributed by atoms with Crippen LogP contribution in [0.1, 0.15) is 68.4 Å². The van der Waals surface area contributed by atoms with Gasteiger partial charge < -0.3 is 19.9 Å². The van der Waals surface area contributed by atoms with Gasteiger partial charge >= 0.3 is 5.97 Å². The standard InChI is InChI=1S/C25H31N5O4/c1-3-4-18-22-23(30(2)29-18)25(26-13-16-7-10-19-20(11-16)34-14-33-19)28-24(27-22)17-8-5-15(6-9-17)12-21(31)32/h7,10-11,15,17H,3-6,8-9,12-14H2,1-2H3,(H,31,32)(H,26,27,28). The average molecular weight is 466 g/mol. The minimum absolute atomic E-state index is 0.232. The Morgan fingerprint density at radius 1 is 1.18 bits per heavy atom. The zero-order chi connectivity index (χ0) is 23.7. The number of aryl methyl sites for hydroxylation is 2. The third kappa shape index (κ3) is 4.51. The van der Waals surface area contributed by atoms with Crippen molar-refractivity contribution < 1.29 is 19.4 Å². The summed E-state index contributed by atoms with van der Waals surface area (Å²) >= 11 is 0. The van der Waals surface area contributed by atoms with Crippen LogP contribution in [0.5, 0.6) is 11.5 Å². The van der Waals surface area contributed by atoms with Gasteiger partial charge in [0, 0.05) is 25.9 Å². The Balaban J connectivity index is 1.43. The van der Waals surface area contributed by atoms with Crippen LogP contribution in [0, 0.1) is 5.92 Å². The molecule has 0 spiro atoms. The van der Waals surface area contributed by atoms with Gasteiger partial charge in [-0.05, 0) is 55.7 Å². The maximum atomic E-state index is 11.1. The summed E-state index contributed by atoms with van der Waals surface area (Å²) < 4.78 is 12.8. The molecular formula is C25H31N5O4. The van der Waals surface area contributed by atoms with E-state index < -0.39 is 5.97 Å². The molecule has 1 aliphatic carbocycles. The maximum Gasteiger partial charge on any atom is 0.303 e. The molecule has 1 aliphatic heterocycles. The number of aliphatic carboxylic acids is 1. The van der Waals surface area contributed by atoms with Crippen LogP contribution in [-0.4, -0.2) is 37.6 Å². The first-order chi connectivity index (χ1) is 16.5. The van der Waals surface area contributed by atoms with Gasteiger partial charge in [-0.1, -0.05) is 19.4 Å². The zero-order valence-electron chi connectivity index (χ0n) is 19.7. The molecule has 1 saturated carbocycles. The van der Waals surface area contributed by atoms with Crippen molar-refractivity contribution in [1.82, 2.24) is 19.7 Å². The lowest BCUT2D eigenvalue weighted by Gasteiger charge is -2.27. The van der Waals surface area contributed by atoms with E-state index in [0.717, 1.165) is 84.0 Å². The number of ether oxygens (including phenoxy) is 2. The van der Waals surface area contributed by atoms with Crippen molar-refractivity contribution in [3.8, 4) is 11.5 Å². The van der Waals surface area contributed by atoms with Gasteiger partial charge in [-0.25, -0.2) is 9.97 Å². The number of aromatic nitrogens is 4. The second kappa shape index (κ2) is 9.48. The lowest BCUT2D eigenvalue weighted by atomic mass is 9.80. The molecule has 0 amide bonds. The number of hydrogen-bond donors (Lipinski definition) is 2. The molecule has 2 aromatic heterocycles. The van der Waals surface area contributed by atoms with Gasteiger partial charge in [0.15, 0.2) is 17.3 Å². The molecule has 9 heteroatoms. The van der Waals surface area contributed by atoms with E-state index in [1.807, 2.05) is 29.9 Å². The molecule has 2 aliphatic rings. The molecule has 180 valence electrons. The van der Waals surface area contributed by atoms with E-state index >= 15 is 0 Å². The Morgan fingerprint density at radius 2 is 1.97 bits per heavy atom. The van der Waals surface area contributed by atoms with Gasteiger partial charge in [0.25, 0.3) is 0 Å². The van der Waals surface area contributed by atoms with Gasteiger partial charge in [0.1, 0.15) is 16.9 Å². The van der Waals surface area contributed by atoms with Crippen LogP contribution in [0.25, 0.3) is 11.0 Å². The van der Waals surface area contributed by atoms with E-state index in [4.69, 9.17) is 29.6 Å². The number of anilines is 1. The smallest absolute Gasteiger partial charge is 0.303 e. The number of carbonyl (C=O) groups is 1. The number of fused-ring (bicyclic) bond motifs is 2. The summed E-state index contributed by atoms with van der Waals surface area (Å²) in [7, 11) is 1.94. The van der Waals surface area contributed by atoms with Crippen molar-refractivity contribution >= 4 is 22.8 Å². The van der Waals surface area contributed by atoms with Crippen molar-refractivity contribution in [2.45, 2.75) is 64.3 Å². The van der Waals surface area contributed by atoms with Gasteiger partial charge in [-0.15, -0.1) is 0 Å². The highest BCUT2D eigenvalue weighted by Crippen LogP contribution is 2.38. The zero-order valence-corrected chi connectivity index (χ0v) is 19.7. The van der Waals surface area contributed by atoms with Crippen LogP contribution >= 0.6 is 0 Å². The van der Waals surface area contributed by atoms with Crippen LogP contribution in [0.3, 0.4) is 0 Å². The fraction of sp³-hybridized carbons (Fsp3) is 0.520. The first kappa shape index (κ1) is 22.4. The lowest BCUT2D eigenvalue weighted by Crippen LogP contribution is -2.18. The van der Waals surface area contributed by atoms with Crippen LogP contribution in [0.2, 0.25) is 0 Å². The molecule has 34 heavy (non-hydrogen) atoms. The minimum Gasteiger partial charge on any atom is -0.481 e. The molecule has 0 bridgehead atoms. The number of rotatable bonds is 8. The third-order valence-electron chi connectivity index (χ3n) is 6.83. The monoisotopic (exact) mass is 465 g/mol. The summed E-state index contributed by atoms with van der Waals surface area (Å²) in [6.45, 7) is 2.99. The topological polar surface area (TPSA) is 111 Å². The minimum atomic E-state index is -0.712. The SMILES string of the molecule is CCCc1nn(C)c2c(NCc3ccc4c(c3)OCO4)nc(C3CCC(CC(=O)O)CC3)nc12. The number of nitrogens with zero attached hydrogens (tertiary/aromatic N) is 4. The highest BCUT2D eigenvalue weighted by atomic mass is 16.7. The van der Waals surface area contributed by atoms with E-state index in [1.165, 1.54) is 0 Å². The van der Waals surface area contributed by atoms with Crippen LogP contribution in [-0.2, 0) is 24.8 Å². The summed E-state index contributed by atoms with van der Waals surface area (Å²) in [5, 5.41) is 17.4. The van der Waals surface area contributed by atoms with E-state index in [0.29, 0.717) is 6.54 Å². The summed E-state index contributed by atoms with van der Waals surface area (Å²) in [5.74, 6) is 2.91. The van der Waals surface area contributed by atoms with Gasteiger partial charge in [0.05, 0.1) is 5.69 Å². The molecule has 5 rings (SSSR count). The second-order valence-corrected chi connectivity index (χ2v) is 9.30. The molecule has 0 unspecified atom stereocenters. The number of carboxylic acid groups (broad SMARTS) is 1. The normalized spacial score (nSPS) is 19.5. The second-order valence-electron chi connectivity index (χ2n) is 9.30. The summed E-state index contributed by atoms with van der Waals surface area (Å²) in [6, 6.07) is 5.94. The Morgan fingerprint density at radius 3 is 2.74 bits per heavy atom. The molecule has 0 saturated heterocycles. The fourth-order valence-electron chi connectivity index (χ4n) is 5.08. The van der Waals surface area contributed by atoms with E-state index in [9.17, 15) is 4.79 Å². The lowest BCUT2D eigenvalue weighted by molar-refractivity contribution is -0.138. The van der Waals surface area contributed by atoms with E-state index in [1.54, 1.807) is 0 Å². The third-order valence-corrected chi connectivity index (χ3v) is 6.83. The molecule has 9 nitrogen and oxygen atoms in total. The quantitative estimate of drug-likeness (QED) is 0.503. The summed E-state index contributed by atoms with van der Waals surface area (Å²) in [6.07, 6.45) is 5.72. The van der Waals surface area contributed by atoms with E-state index in [2.05, 4.69) is 12.2 Å². The molecule has 0 atom stereocenters. The number of carboxylic acids is 1. The fourth-order valence-corrected chi connectivity index (χ4v) is 5.08. The van der Waals surface area contributed by atoms with Crippen LogP contribution in [0.4, 0.5) is 5.82 Å². The van der Waals surface area contributed by atoms with Crippen molar-refractivity contribution in [3.05, 3.63) is 35.3 Å². The van der Waals surface area contributed by atoms with E-state index in [-0.39, 0.29) is 25.0 Å². The molecule has 1 aromatic carbocycles. The van der Waals surface area contributed by atoms with Gasteiger partial charge in [-0.3, -0.25) is 9.48 Å². The van der Waals surface area contributed by atoms with Crippen molar-refractivity contribution in [3.63, 3.8) is 0 Å². The predicted molar refractivity (Wildman–Crippen MR) is 127 cm³/mol. The van der Waals surface area contributed by atoms with Crippen molar-refractivity contribution in [1.29, 1.82) is 0 Å². The van der Waals surface area contributed by atoms with Crippen LogP contribution < -0.4 is 14.8 Å². The van der Waals surface area contributed by atoms with Crippen LogP contribution in [0.15, 0.2) is 18.2 Å². The van der Waals surface area contributed by atoms with Gasteiger partial charge in [-0.2, -0.15) is 5.10 Å². The number of hydrogen-bond acceptors (Lipinski definition) is 7. The Kier molecular flexibility index (Phi) is 6.26. The Hall–Kier alpha value is -3.36. The highest BCUT2D eigenvalue weighted by molar-refractivity contribution is 5.87. The van der Waals surface area contributed by atoms with Crippen molar-refractivity contribution in [2.75, 3.05) is 12.1 Å². The molecule has 3 heterocycles. The number of nitrogens with one attached hydrogen (secondary N) is 1. The summed E-state index contributed by atoms with van der Waals surface area (Å²) in [4.78, 5) is 21.1. The first-order valence-corrected chi connectivity index (χ1v) is 12.1. The maximum absolute atomic E-state index is 11.1. The number of benzene rings is 1. The molecule has 1 fully saturated rings. The Labute approximate surface area is 198 Å². The predicted octanol–water partition coefficient (Wildman–Crippen LogP) is 4.41. The molecule has 2 N–H and O–H groups in total. The first-order valence-electron chi connectivity index (χ1n) is 12.1. The Bertz CT molecular complexity index is 1200.